The van der Waals surface area contributed by atoms with E-state index in [1.807, 2.05) is 19.1 Å². The van der Waals surface area contributed by atoms with E-state index in [2.05, 4.69) is 10.1 Å². The number of aryl methyl sites for hydroxylation is 1. The number of halogens is 2. The summed E-state index contributed by atoms with van der Waals surface area (Å²) < 4.78 is 18.6. The summed E-state index contributed by atoms with van der Waals surface area (Å²) in [6.07, 6.45) is 0.271. The molecule has 0 saturated carbocycles. The first-order valence-corrected chi connectivity index (χ1v) is 8.56. The van der Waals surface area contributed by atoms with Crippen LogP contribution in [-0.4, -0.2) is 22.6 Å². The van der Waals surface area contributed by atoms with Gasteiger partial charge in [-0.3, -0.25) is 4.79 Å². The highest BCUT2D eigenvalue weighted by Crippen LogP contribution is 2.36. The Bertz CT molecular complexity index is 968. The van der Waals surface area contributed by atoms with Crippen molar-refractivity contribution in [2.75, 3.05) is 11.4 Å². The minimum atomic E-state index is -0.376. The van der Waals surface area contributed by atoms with E-state index in [0.29, 0.717) is 23.0 Å². The van der Waals surface area contributed by atoms with Gasteiger partial charge in [-0.2, -0.15) is 4.98 Å². The van der Waals surface area contributed by atoms with Gasteiger partial charge in [0.15, 0.2) is 5.82 Å². The highest BCUT2D eigenvalue weighted by Gasteiger charge is 2.36. The molecule has 0 radical (unpaired) electrons. The normalized spacial score (nSPS) is 17.1. The van der Waals surface area contributed by atoms with Crippen molar-refractivity contribution in [3.8, 4) is 11.5 Å². The van der Waals surface area contributed by atoms with E-state index in [9.17, 15) is 9.18 Å². The van der Waals surface area contributed by atoms with Crippen LogP contribution in [0.2, 0.25) is 5.02 Å². The molecule has 26 heavy (non-hydrogen) atoms. The first-order chi connectivity index (χ1) is 12.5. The van der Waals surface area contributed by atoms with Crippen molar-refractivity contribution < 1.29 is 13.7 Å². The van der Waals surface area contributed by atoms with Crippen LogP contribution in [0.3, 0.4) is 0 Å². The number of aromatic nitrogens is 2. The average molecular weight is 372 g/mol. The van der Waals surface area contributed by atoms with E-state index in [0.717, 1.165) is 11.3 Å². The number of carbonyl (C=O) groups excluding carboxylic acids is 1. The summed E-state index contributed by atoms with van der Waals surface area (Å²) >= 11 is 6.29. The first kappa shape index (κ1) is 16.7. The zero-order valence-corrected chi connectivity index (χ0v) is 14.7. The molecule has 4 rings (SSSR count). The predicted octanol–water partition coefficient (Wildman–Crippen LogP) is 4.36. The standard InChI is InChI=1S/C19H15ClFN3O2/c1-11-4-2-7-15(20)17(11)24-10-13(9-16(24)25)18-22-19(26-23-18)12-5-3-6-14(21)8-12/h2-8,13H,9-10H2,1H3. The van der Waals surface area contributed by atoms with Crippen LogP contribution in [0.15, 0.2) is 47.0 Å². The Morgan fingerprint density at radius 1 is 1.27 bits per heavy atom. The van der Waals surface area contributed by atoms with Crippen molar-refractivity contribution in [2.45, 2.75) is 19.3 Å². The van der Waals surface area contributed by atoms with Gasteiger partial charge in [0.2, 0.25) is 5.91 Å². The Morgan fingerprint density at radius 3 is 2.85 bits per heavy atom. The number of benzene rings is 2. The molecule has 1 amide bonds. The minimum absolute atomic E-state index is 0.0386. The third kappa shape index (κ3) is 2.97. The topological polar surface area (TPSA) is 59.2 Å². The maximum Gasteiger partial charge on any atom is 0.258 e. The summed E-state index contributed by atoms with van der Waals surface area (Å²) in [4.78, 5) is 18.5. The van der Waals surface area contributed by atoms with Crippen LogP contribution >= 0.6 is 11.6 Å². The highest BCUT2D eigenvalue weighted by molar-refractivity contribution is 6.34. The molecule has 1 aliphatic heterocycles. The maximum atomic E-state index is 13.4. The molecule has 3 aromatic rings. The molecule has 1 atom stereocenters. The van der Waals surface area contributed by atoms with Crippen molar-refractivity contribution in [3.05, 3.63) is 64.7 Å². The number of anilines is 1. The van der Waals surface area contributed by atoms with Gasteiger partial charge < -0.3 is 9.42 Å². The third-order valence-electron chi connectivity index (χ3n) is 4.46. The summed E-state index contributed by atoms with van der Waals surface area (Å²) in [5, 5.41) is 4.53. The van der Waals surface area contributed by atoms with Crippen LogP contribution < -0.4 is 4.90 Å². The van der Waals surface area contributed by atoms with Crippen molar-refractivity contribution in [1.82, 2.24) is 10.1 Å². The zero-order chi connectivity index (χ0) is 18.3. The van der Waals surface area contributed by atoms with Crippen LogP contribution in [0.1, 0.15) is 23.7 Å². The lowest BCUT2D eigenvalue weighted by atomic mass is 10.1. The quantitative estimate of drug-likeness (QED) is 0.686. The van der Waals surface area contributed by atoms with Gasteiger partial charge in [-0.1, -0.05) is 35.0 Å². The fourth-order valence-electron chi connectivity index (χ4n) is 3.20. The predicted molar refractivity (Wildman–Crippen MR) is 95.6 cm³/mol. The molecular formula is C19H15ClFN3O2. The molecule has 0 aliphatic carbocycles. The third-order valence-corrected chi connectivity index (χ3v) is 4.77. The second-order valence-corrected chi connectivity index (χ2v) is 6.69. The Kier molecular flexibility index (Phi) is 4.20. The van der Waals surface area contributed by atoms with E-state index in [1.165, 1.54) is 12.1 Å². The molecule has 0 N–H and O–H groups in total. The number of hydrogen-bond donors (Lipinski definition) is 0. The lowest BCUT2D eigenvalue weighted by Gasteiger charge is -2.20. The van der Waals surface area contributed by atoms with E-state index < -0.39 is 0 Å². The molecule has 0 spiro atoms. The van der Waals surface area contributed by atoms with Gasteiger partial charge in [0.25, 0.3) is 5.89 Å². The lowest BCUT2D eigenvalue weighted by Crippen LogP contribution is -2.25. The summed E-state index contributed by atoms with van der Waals surface area (Å²) in [6.45, 7) is 2.34. The van der Waals surface area contributed by atoms with Crippen LogP contribution in [-0.2, 0) is 4.79 Å². The Morgan fingerprint density at radius 2 is 2.08 bits per heavy atom. The smallest absolute Gasteiger partial charge is 0.258 e. The second kappa shape index (κ2) is 6.53. The summed E-state index contributed by atoms with van der Waals surface area (Å²) in [5.41, 5.74) is 2.16. The van der Waals surface area contributed by atoms with Gasteiger partial charge in [0.05, 0.1) is 10.7 Å². The van der Waals surface area contributed by atoms with Gasteiger partial charge in [0, 0.05) is 24.4 Å². The van der Waals surface area contributed by atoms with Crippen molar-refractivity contribution in [3.63, 3.8) is 0 Å². The van der Waals surface area contributed by atoms with E-state index in [-0.39, 0.29) is 30.0 Å². The number of para-hydroxylation sites is 1. The van der Waals surface area contributed by atoms with Crippen LogP contribution in [0.5, 0.6) is 0 Å². The lowest BCUT2D eigenvalue weighted by molar-refractivity contribution is -0.117. The van der Waals surface area contributed by atoms with E-state index in [1.54, 1.807) is 23.1 Å². The number of rotatable bonds is 3. The zero-order valence-electron chi connectivity index (χ0n) is 13.9. The largest absolute Gasteiger partial charge is 0.334 e. The Hall–Kier alpha value is -2.73. The molecule has 1 saturated heterocycles. The SMILES string of the molecule is Cc1cccc(Cl)c1N1CC(c2noc(-c3cccc(F)c3)n2)CC1=O. The number of carbonyl (C=O) groups is 1. The van der Waals surface area contributed by atoms with Crippen molar-refractivity contribution in [2.24, 2.45) is 0 Å². The fourth-order valence-corrected chi connectivity index (χ4v) is 3.52. The van der Waals surface area contributed by atoms with Gasteiger partial charge in [-0.25, -0.2) is 4.39 Å². The van der Waals surface area contributed by atoms with Crippen LogP contribution in [0, 0.1) is 12.7 Å². The van der Waals surface area contributed by atoms with E-state index >= 15 is 0 Å². The van der Waals surface area contributed by atoms with Gasteiger partial charge in [-0.15, -0.1) is 0 Å². The van der Waals surface area contributed by atoms with Crippen molar-refractivity contribution in [1.29, 1.82) is 0 Å². The molecule has 2 aromatic carbocycles. The summed E-state index contributed by atoms with van der Waals surface area (Å²) in [5.74, 6) is 0.0512. The molecule has 132 valence electrons. The number of amides is 1. The van der Waals surface area contributed by atoms with Gasteiger partial charge in [0.1, 0.15) is 5.82 Å². The van der Waals surface area contributed by atoms with Gasteiger partial charge >= 0.3 is 0 Å². The minimum Gasteiger partial charge on any atom is -0.334 e. The van der Waals surface area contributed by atoms with Crippen LogP contribution in [0.4, 0.5) is 10.1 Å². The molecule has 1 unspecified atom stereocenters. The Balaban J connectivity index is 1.60. The van der Waals surface area contributed by atoms with Gasteiger partial charge in [-0.05, 0) is 36.8 Å². The fraction of sp³-hybridized carbons (Fsp3) is 0.211. The van der Waals surface area contributed by atoms with Crippen molar-refractivity contribution >= 4 is 23.2 Å². The maximum absolute atomic E-state index is 13.4. The molecule has 2 heterocycles. The molecule has 5 nitrogen and oxygen atoms in total. The monoisotopic (exact) mass is 371 g/mol. The molecular weight excluding hydrogens is 357 g/mol. The average Bonchev–Trinajstić information content (AvgIpc) is 3.22. The summed E-state index contributed by atoms with van der Waals surface area (Å²) in [7, 11) is 0. The first-order valence-electron chi connectivity index (χ1n) is 8.18. The highest BCUT2D eigenvalue weighted by atomic mass is 35.5. The second-order valence-electron chi connectivity index (χ2n) is 6.28. The number of nitrogens with zero attached hydrogens (tertiary/aromatic N) is 3. The molecule has 0 bridgehead atoms. The Labute approximate surface area is 154 Å². The van der Waals surface area contributed by atoms with E-state index in [4.69, 9.17) is 16.1 Å². The molecule has 1 aromatic heterocycles. The van der Waals surface area contributed by atoms with Crippen LogP contribution in [0.25, 0.3) is 11.5 Å². The number of hydrogen-bond acceptors (Lipinski definition) is 4. The summed E-state index contributed by atoms with van der Waals surface area (Å²) in [6, 6.07) is 11.5. The molecule has 1 fully saturated rings. The molecule has 1 aliphatic rings. The molecule has 7 heteroatoms.